The summed E-state index contributed by atoms with van der Waals surface area (Å²) >= 11 is 0. The van der Waals surface area contributed by atoms with E-state index < -0.39 is 0 Å². The monoisotopic (exact) mass is 376 g/mol. The Bertz CT molecular complexity index is 772. The van der Waals surface area contributed by atoms with Crippen LogP contribution in [0.5, 0.6) is 11.5 Å². The van der Waals surface area contributed by atoms with E-state index in [1.54, 1.807) is 20.3 Å². The number of nitrogen functional groups attached to an aromatic ring is 1. The zero-order chi connectivity index (χ0) is 18.0. The van der Waals surface area contributed by atoms with Crippen LogP contribution in [-0.2, 0) is 0 Å². The molecule has 6 heteroatoms. The molecule has 1 saturated heterocycles. The highest BCUT2D eigenvalue weighted by molar-refractivity contribution is 5.95. The van der Waals surface area contributed by atoms with Crippen LogP contribution in [0, 0.1) is 6.92 Å². The van der Waals surface area contributed by atoms with Gasteiger partial charge in [-0.1, -0.05) is 6.07 Å². The molecule has 1 aliphatic rings. The number of carbonyl (C=O) groups is 1. The van der Waals surface area contributed by atoms with Crippen LogP contribution in [0.1, 0.15) is 33.8 Å². The van der Waals surface area contributed by atoms with E-state index in [0.29, 0.717) is 17.8 Å². The lowest BCUT2D eigenvalue weighted by Crippen LogP contribution is -2.28. The van der Waals surface area contributed by atoms with Crippen LogP contribution in [0.15, 0.2) is 36.4 Å². The molecule has 5 nitrogen and oxygen atoms in total. The number of hydrogen-bond donors (Lipinski definition) is 1. The Hall–Kier alpha value is -2.40. The fraction of sp³-hybridized carbons (Fsp3) is 0.350. The van der Waals surface area contributed by atoms with Crippen LogP contribution in [0.25, 0.3) is 0 Å². The van der Waals surface area contributed by atoms with E-state index in [2.05, 4.69) is 0 Å². The van der Waals surface area contributed by atoms with E-state index in [1.807, 2.05) is 42.2 Å². The number of halogens is 1. The van der Waals surface area contributed by atoms with Gasteiger partial charge in [-0.05, 0) is 48.7 Å². The number of amides is 1. The zero-order valence-electron chi connectivity index (χ0n) is 15.3. The summed E-state index contributed by atoms with van der Waals surface area (Å²) in [6.45, 7) is 3.35. The Morgan fingerprint density at radius 3 is 2.35 bits per heavy atom. The van der Waals surface area contributed by atoms with Crippen molar-refractivity contribution < 1.29 is 14.3 Å². The predicted octanol–water partition coefficient (Wildman–Crippen LogP) is 3.65. The third kappa shape index (κ3) is 4.05. The summed E-state index contributed by atoms with van der Waals surface area (Å²) < 4.78 is 10.7. The number of anilines is 1. The first kappa shape index (κ1) is 19.9. The van der Waals surface area contributed by atoms with Gasteiger partial charge in [0, 0.05) is 36.3 Å². The lowest BCUT2D eigenvalue weighted by Gasteiger charge is -2.18. The van der Waals surface area contributed by atoms with Crippen molar-refractivity contribution in [3.63, 3.8) is 0 Å². The second-order valence-electron chi connectivity index (χ2n) is 6.45. The lowest BCUT2D eigenvalue weighted by molar-refractivity contribution is 0.0791. The molecule has 0 aliphatic carbocycles. The first-order chi connectivity index (χ1) is 12.0. The molecule has 0 aromatic heterocycles. The number of carbonyl (C=O) groups excluding carboxylic acids is 1. The normalized spacial score (nSPS) is 16.1. The summed E-state index contributed by atoms with van der Waals surface area (Å²) in [6.07, 6.45) is 0.920. The summed E-state index contributed by atoms with van der Waals surface area (Å²) in [5.74, 6) is 1.84. The standard InChI is InChI=1S/C20H24N2O3.ClH/c1-13-4-5-14(10-19(13)21)20(23)22-7-6-15(12-22)16-8-17(24-2)11-18(9-16)25-3;/h4-5,8-11,15H,6-7,12,21H2,1-3H3;1H. The number of nitrogens with zero attached hydrogens (tertiary/aromatic N) is 1. The van der Waals surface area contributed by atoms with Gasteiger partial charge in [0.25, 0.3) is 5.91 Å². The number of ether oxygens (including phenoxy) is 2. The number of nitrogens with two attached hydrogens (primary N) is 1. The Labute approximate surface area is 160 Å². The van der Waals surface area contributed by atoms with Gasteiger partial charge in [-0.15, -0.1) is 12.4 Å². The van der Waals surface area contributed by atoms with E-state index in [0.717, 1.165) is 35.6 Å². The van der Waals surface area contributed by atoms with E-state index in [-0.39, 0.29) is 24.2 Å². The van der Waals surface area contributed by atoms with Crippen molar-refractivity contribution in [3.8, 4) is 11.5 Å². The molecule has 2 aromatic rings. The van der Waals surface area contributed by atoms with Crippen molar-refractivity contribution in [2.45, 2.75) is 19.3 Å². The van der Waals surface area contributed by atoms with Gasteiger partial charge in [0.05, 0.1) is 14.2 Å². The molecule has 1 amide bonds. The van der Waals surface area contributed by atoms with Gasteiger partial charge < -0.3 is 20.1 Å². The van der Waals surface area contributed by atoms with E-state index >= 15 is 0 Å². The van der Waals surface area contributed by atoms with Gasteiger partial charge in [-0.25, -0.2) is 0 Å². The van der Waals surface area contributed by atoms with Crippen LogP contribution in [0.3, 0.4) is 0 Å². The van der Waals surface area contributed by atoms with Gasteiger partial charge in [-0.3, -0.25) is 4.79 Å². The van der Waals surface area contributed by atoms with Gasteiger partial charge in [0.1, 0.15) is 11.5 Å². The molecule has 0 saturated carbocycles. The summed E-state index contributed by atoms with van der Waals surface area (Å²) in [5, 5.41) is 0. The van der Waals surface area contributed by atoms with Gasteiger partial charge in [0.2, 0.25) is 0 Å². The summed E-state index contributed by atoms with van der Waals surface area (Å²) in [4.78, 5) is 14.6. The zero-order valence-corrected chi connectivity index (χ0v) is 16.1. The Morgan fingerprint density at radius 1 is 1.12 bits per heavy atom. The third-order valence-corrected chi connectivity index (χ3v) is 4.85. The highest BCUT2D eigenvalue weighted by Crippen LogP contribution is 2.33. The number of aryl methyl sites for hydroxylation is 1. The smallest absolute Gasteiger partial charge is 0.253 e. The molecule has 1 heterocycles. The Kier molecular flexibility index (Phi) is 6.37. The van der Waals surface area contributed by atoms with Gasteiger partial charge >= 0.3 is 0 Å². The molecule has 140 valence electrons. The van der Waals surface area contributed by atoms with Crippen molar-refractivity contribution >= 4 is 24.0 Å². The molecule has 2 N–H and O–H groups in total. The number of benzene rings is 2. The Morgan fingerprint density at radius 2 is 1.77 bits per heavy atom. The maximum absolute atomic E-state index is 12.8. The molecule has 2 aromatic carbocycles. The molecule has 1 aliphatic heterocycles. The molecule has 26 heavy (non-hydrogen) atoms. The molecule has 3 rings (SSSR count). The fourth-order valence-corrected chi connectivity index (χ4v) is 3.24. The minimum absolute atomic E-state index is 0. The minimum atomic E-state index is 0. The SMILES string of the molecule is COc1cc(OC)cc(C2CCN(C(=O)c3ccc(C)c(N)c3)C2)c1.Cl. The van der Waals surface area contributed by atoms with Crippen molar-refractivity contribution in [1.29, 1.82) is 0 Å². The van der Waals surface area contributed by atoms with Crippen LogP contribution in [0.4, 0.5) is 5.69 Å². The summed E-state index contributed by atoms with van der Waals surface area (Å²) in [6, 6.07) is 11.4. The molecule has 1 unspecified atom stereocenters. The maximum Gasteiger partial charge on any atom is 0.253 e. The quantitative estimate of drug-likeness (QED) is 0.827. The fourth-order valence-electron chi connectivity index (χ4n) is 3.24. The molecule has 1 fully saturated rings. The maximum atomic E-state index is 12.8. The lowest BCUT2D eigenvalue weighted by atomic mass is 9.98. The van der Waals surface area contributed by atoms with E-state index in [1.165, 1.54) is 0 Å². The average Bonchev–Trinajstić information content (AvgIpc) is 3.13. The third-order valence-electron chi connectivity index (χ3n) is 4.85. The molecular weight excluding hydrogens is 352 g/mol. The Balaban J connectivity index is 0.00000243. The number of rotatable bonds is 4. The minimum Gasteiger partial charge on any atom is -0.497 e. The van der Waals surface area contributed by atoms with Gasteiger partial charge in [-0.2, -0.15) is 0 Å². The van der Waals surface area contributed by atoms with Crippen molar-refractivity contribution in [2.75, 3.05) is 33.0 Å². The molecule has 0 radical (unpaired) electrons. The second-order valence-corrected chi connectivity index (χ2v) is 6.45. The molecular formula is C20H25ClN2O3. The van der Waals surface area contributed by atoms with Crippen LogP contribution in [0.2, 0.25) is 0 Å². The van der Waals surface area contributed by atoms with Crippen LogP contribution in [-0.4, -0.2) is 38.1 Å². The van der Waals surface area contributed by atoms with Crippen molar-refractivity contribution in [1.82, 2.24) is 4.90 Å². The van der Waals surface area contributed by atoms with E-state index in [4.69, 9.17) is 15.2 Å². The first-order valence-corrected chi connectivity index (χ1v) is 8.40. The molecule has 1 atom stereocenters. The highest BCUT2D eigenvalue weighted by atomic mass is 35.5. The first-order valence-electron chi connectivity index (χ1n) is 8.40. The second kappa shape index (κ2) is 8.32. The van der Waals surface area contributed by atoms with Crippen LogP contribution >= 0.6 is 12.4 Å². The molecule has 0 bridgehead atoms. The summed E-state index contributed by atoms with van der Waals surface area (Å²) in [7, 11) is 3.29. The van der Waals surface area contributed by atoms with Gasteiger partial charge in [0.15, 0.2) is 0 Å². The number of likely N-dealkylation sites (tertiary alicyclic amines) is 1. The average molecular weight is 377 g/mol. The topological polar surface area (TPSA) is 64.8 Å². The molecule has 0 spiro atoms. The van der Waals surface area contributed by atoms with Crippen molar-refractivity contribution in [3.05, 3.63) is 53.1 Å². The van der Waals surface area contributed by atoms with Crippen LogP contribution < -0.4 is 15.2 Å². The number of hydrogen-bond acceptors (Lipinski definition) is 4. The number of methoxy groups -OCH3 is 2. The van der Waals surface area contributed by atoms with Crippen molar-refractivity contribution in [2.24, 2.45) is 0 Å². The largest absolute Gasteiger partial charge is 0.497 e. The highest BCUT2D eigenvalue weighted by Gasteiger charge is 2.28. The summed E-state index contributed by atoms with van der Waals surface area (Å²) in [5.41, 5.74) is 9.36. The van der Waals surface area contributed by atoms with E-state index in [9.17, 15) is 4.79 Å². The predicted molar refractivity (Wildman–Crippen MR) is 106 cm³/mol.